The quantitative estimate of drug-likeness (QED) is 0.274. The number of likely N-dealkylation sites (tertiary alicyclic amines) is 1. The summed E-state index contributed by atoms with van der Waals surface area (Å²) in [5, 5.41) is 2.13. The summed E-state index contributed by atoms with van der Waals surface area (Å²) in [5.41, 5.74) is 3.04. The van der Waals surface area contributed by atoms with Gasteiger partial charge in [0.05, 0.1) is 0 Å². The van der Waals surface area contributed by atoms with Gasteiger partial charge in [0, 0.05) is 17.5 Å². The molecule has 1 fully saturated rings. The van der Waals surface area contributed by atoms with Crippen molar-refractivity contribution in [1.29, 1.82) is 0 Å². The van der Waals surface area contributed by atoms with Crippen LogP contribution in [0.15, 0.2) is 78.9 Å². The van der Waals surface area contributed by atoms with Gasteiger partial charge >= 0.3 is 0 Å². The second kappa shape index (κ2) is 10.9. The lowest BCUT2D eigenvalue weighted by Gasteiger charge is -2.19. The molecule has 1 heterocycles. The lowest BCUT2D eigenvalue weighted by molar-refractivity contribution is 0.214. The molecule has 5 rings (SSSR count). The summed E-state index contributed by atoms with van der Waals surface area (Å²) in [6, 6.07) is 24.8. The SMILES string of the molecule is Cc1ccc2c(Oc3ccc(OCCN4CCCCCC4)cc3)c(-c3ccc(F)cc3)ccc2c1. The van der Waals surface area contributed by atoms with E-state index in [0.29, 0.717) is 6.61 Å². The van der Waals surface area contributed by atoms with E-state index < -0.39 is 0 Å². The molecule has 0 radical (unpaired) electrons. The van der Waals surface area contributed by atoms with Gasteiger partial charge in [-0.15, -0.1) is 0 Å². The van der Waals surface area contributed by atoms with Crippen LogP contribution in [-0.2, 0) is 0 Å². The second-order valence-electron chi connectivity index (χ2n) is 9.35. The largest absolute Gasteiger partial charge is 0.492 e. The van der Waals surface area contributed by atoms with Gasteiger partial charge < -0.3 is 9.47 Å². The van der Waals surface area contributed by atoms with Crippen molar-refractivity contribution in [2.45, 2.75) is 32.6 Å². The molecule has 0 aromatic heterocycles. The molecular weight excluding hydrogens is 437 g/mol. The summed E-state index contributed by atoms with van der Waals surface area (Å²) >= 11 is 0. The summed E-state index contributed by atoms with van der Waals surface area (Å²) in [4.78, 5) is 2.50. The molecule has 4 aromatic rings. The van der Waals surface area contributed by atoms with Crippen molar-refractivity contribution in [2.75, 3.05) is 26.2 Å². The van der Waals surface area contributed by atoms with Crippen LogP contribution in [0.4, 0.5) is 4.39 Å². The van der Waals surface area contributed by atoms with Crippen molar-refractivity contribution >= 4 is 10.8 Å². The number of halogens is 1. The highest BCUT2D eigenvalue weighted by Crippen LogP contribution is 2.40. The molecule has 0 saturated carbocycles. The number of aryl methyl sites for hydroxylation is 1. The molecule has 0 spiro atoms. The van der Waals surface area contributed by atoms with E-state index in [-0.39, 0.29) is 5.82 Å². The van der Waals surface area contributed by atoms with Crippen LogP contribution in [0.3, 0.4) is 0 Å². The van der Waals surface area contributed by atoms with Crippen LogP contribution in [0.5, 0.6) is 17.2 Å². The maximum Gasteiger partial charge on any atom is 0.143 e. The summed E-state index contributed by atoms with van der Waals surface area (Å²) in [6.07, 6.45) is 5.27. The van der Waals surface area contributed by atoms with Crippen LogP contribution in [0.1, 0.15) is 31.2 Å². The molecule has 0 amide bonds. The van der Waals surface area contributed by atoms with Crippen molar-refractivity contribution in [2.24, 2.45) is 0 Å². The van der Waals surface area contributed by atoms with Gasteiger partial charge in [-0.1, -0.05) is 54.8 Å². The predicted molar refractivity (Wildman–Crippen MR) is 141 cm³/mol. The van der Waals surface area contributed by atoms with Gasteiger partial charge in [0.1, 0.15) is 29.7 Å². The molecule has 1 saturated heterocycles. The first-order valence-electron chi connectivity index (χ1n) is 12.6. The number of rotatable bonds is 7. The molecule has 0 unspecified atom stereocenters. The summed E-state index contributed by atoms with van der Waals surface area (Å²) in [6.45, 7) is 6.10. The number of nitrogens with zero attached hydrogens (tertiary/aromatic N) is 1. The highest BCUT2D eigenvalue weighted by Gasteiger charge is 2.13. The number of hydrogen-bond donors (Lipinski definition) is 0. The topological polar surface area (TPSA) is 21.7 Å². The van der Waals surface area contributed by atoms with E-state index in [0.717, 1.165) is 45.7 Å². The van der Waals surface area contributed by atoms with Crippen LogP contribution < -0.4 is 9.47 Å². The molecule has 3 nitrogen and oxygen atoms in total. The van der Waals surface area contributed by atoms with Crippen LogP contribution in [0, 0.1) is 12.7 Å². The van der Waals surface area contributed by atoms with Gasteiger partial charge in [-0.05, 0) is 86.3 Å². The van der Waals surface area contributed by atoms with Crippen LogP contribution in [0.2, 0.25) is 0 Å². The molecule has 1 aliphatic heterocycles. The molecule has 0 aliphatic carbocycles. The first-order chi connectivity index (χ1) is 17.2. The number of ether oxygens (including phenoxy) is 2. The fraction of sp³-hybridized carbons (Fsp3) is 0.290. The van der Waals surface area contributed by atoms with Crippen molar-refractivity contribution < 1.29 is 13.9 Å². The minimum atomic E-state index is -0.251. The highest BCUT2D eigenvalue weighted by atomic mass is 19.1. The van der Waals surface area contributed by atoms with Gasteiger partial charge in [-0.25, -0.2) is 4.39 Å². The Kier molecular flexibility index (Phi) is 7.29. The maximum absolute atomic E-state index is 13.6. The molecule has 35 heavy (non-hydrogen) atoms. The molecule has 1 aliphatic rings. The average Bonchev–Trinajstić information content (AvgIpc) is 3.15. The van der Waals surface area contributed by atoms with E-state index in [9.17, 15) is 4.39 Å². The van der Waals surface area contributed by atoms with Crippen molar-refractivity contribution in [3.63, 3.8) is 0 Å². The molecule has 0 bridgehead atoms. The molecule has 4 heteroatoms. The third-order valence-corrected chi connectivity index (χ3v) is 6.70. The van der Waals surface area contributed by atoms with Crippen LogP contribution in [0.25, 0.3) is 21.9 Å². The lowest BCUT2D eigenvalue weighted by Crippen LogP contribution is -2.29. The fourth-order valence-electron chi connectivity index (χ4n) is 4.76. The average molecular weight is 470 g/mol. The Balaban J connectivity index is 1.34. The van der Waals surface area contributed by atoms with E-state index >= 15 is 0 Å². The normalized spacial score (nSPS) is 14.6. The Labute approximate surface area is 207 Å². The maximum atomic E-state index is 13.6. The standard InChI is InChI=1S/C31H32FNO2/c1-23-6-16-30-25(22-23)9-17-29(24-7-10-26(32)11-8-24)31(30)35-28-14-12-27(13-15-28)34-21-20-33-18-4-2-3-5-19-33/h6-17,22H,2-5,18-21H2,1H3. The minimum absolute atomic E-state index is 0.251. The Morgan fingerprint density at radius 2 is 1.49 bits per heavy atom. The van der Waals surface area contributed by atoms with Crippen LogP contribution >= 0.6 is 0 Å². The fourth-order valence-corrected chi connectivity index (χ4v) is 4.76. The van der Waals surface area contributed by atoms with Gasteiger partial charge in [-0.3, -0.25) is 4.90 Å². The number of fused-ring (bicyclic) bond motifs is 1. The smallest absolute Gasteiger partial charge is 0.143 e. The zero-order valence-electron chi connectivity index (χ0n) is 20.3. The van der Waals surface area contributed by atoms with E-state index in [1.165, 1.54) is 56.5 Å². The number of benzene rings is 4. The van der Waals surface area contributed by atoms with Crippen molar-refractivity contribution in [1.82, 2.24) is 4.90 Å². The Bertz CT molecular complexity index is 1260. The van der Waals surface area contributed by atoms with Gasteiger partial charge in [0.25, 0.3) is 0 Å². The third-order valence-electron chi connectivity index (χ3n) is 6.70. The molecule has 0 atom stereocenters. The van der Waals surface area contributed by atoms with Gasteiger partial charge in [0.15, 0.2) is 0 Å². The monoisotopic (exact) mass is 469 g/mol. The van der Waals surface area contributed by atoms with E-state index in [4.69, 9.17) is 9.47 Å². The first kappa shape index (κ1) is 23.4. The zero-order chi connectivity index (χ0) is 24.0. The number of hydrogen-bond acceptors (Lipinski definition) is 3. The third kappa shape index (κ3) is 5.83. The summed E-state index contributed by atoms with van der Waals surface area (Å²) < 4.78 is 26.0. The Morgan fingerprint density at radius 1 is 0.771 bits per heavy atom. The molecular formula is C31H32FNO2. The second-order valence-corrected chi connectivity index (χ2v) is 9.35. The highest BCUT2D eigenvalue weighted by molar-refractivity contribution is 5.95. The van der Waals surface area contributed by atoms with Crippen molar-refractivity contribution in [3.8, 4) is 28.4 Å². The Morgan fingerprint density at radius 3 is 2.23 bits per heavy atom. The molecule has 0 N–H and O–H groups in total. The van der Waals surface area contributed by atoms with Crippen LogP contribution in [-0.4, -0.2) is 31.1 Å². The summed E-state index contributed by atoms with van der Waals surface area (Å²) in [5.74, 6) is 2.10. The first-order valence-corrected chi connectivity index (χ1v) is 12.6. The van der Waals surface area contributed by atoms with E-state index in [1.54, 1.807) is 12.1 Å². The zero-order valence-corrected chi connectivity index (χ0v) is 20.3. The Hall–Kier alpha value is -3.37. The minimum Gasteiger partial charge on any atom is -0.492 e. The van der Waals surface area contributed by atoms with Crippen molar-refractivity contribution in [3.05, 3.63) is 90.2 Å². The summed E-state index contributed by atoms with van der Waals surface area (Å²) in [7, 11) is 0. The predicted octanol–water partition coefficient (Wildman–Crippen LogP) is 8.00. The van der Waals surface area contributed by atoms with E-state index in [2.05, 4.69) is 36.1 Å². The van der Waals surface area contributed by atoms with Gasteiger partial charge in [0.2, 0.25) is 0 Å². The van der Waals surface area contributed by atoms with E-state index in [1.807, 2.05) is 30.3 Å². The molecule has 4 aromatic carbocycles. The molecule has 180 valence electrons. The lowest BCUT2D eigenvalue weighted by atomic mass is 9.98. The van der Waals surface area contributed by atoms with Gasteiger partial charge in [-0.2, -0.15) is 0 Å².